The van der Waals surface area contributed by atoms with Crippen molar-refractivity contribution in [2.75, 3.05) is 5.32 Å². The highest BCUT2D eigenvalue weighted by Crippen LogP contribution is 2.38. The molecule has 1 aliphatic rings. The van der Waals surface area contributed by atoms with Gasteiger partial charge in [0.05, 0.1) is 5.56 Å². The summed E-state index contributed by atoms with van der Waals surface area (Å²) in [4.78, 5) is 0. The van der Waals surface area contributed by atoms with Gasteiger partial charge in [0.2, 0.25) is 0 Å². The van der Waals surface area contributed by atoms with E-state index in [1.807, 2.05) is 0 Å². The number of nitrogens with one attached hydrogen (secondary N) is 2. The van der Waals surface area contributed by atoms with Gasteiger partial charge in [0, 0.05) is 11.7 Å². The van der Waals surface area contributed by atoms with Crippen LogP contribution in [0.3, 0.4) is 0 Å². The second-order valence-corrected chi connectivity index (χ2v) is 7.70. The lowest BCUT2D eigenvalue weighted by molar-refractivity contribution is -0.137. The van der Waals surface area contributed by atoms with Gasteiger partial charge in [-0.15, -0.1) is 0 Å². The van der Waals surface area contributed by atoms with Crippen LogP contribution in [0.15, 0.2) is 24.3 Å². The molecule has 0 radical (unpaired) electrons. The van der Waals surface area contributed by atoms with Crippen LogP contribution in [-0.2, 0) is 6.18 Å². The molecular weight excluding hydrogens is 321 g/mol. The van der Waals surface area contributed by atoms with E-state index >= 15 is 0 Å². The van der Waals surface area contributed by atoms with Crippen LogP contribution in [0.5, 0.6) is 0 Å². The van der Waals surface area contributed by atoms with Gasteiger partial charge < -0.3 is 10.6 Å². The maximum Gasteiger partial charge on any atom is 0.416 e. The lowest BCUT2D eigenvalue weighted by Gasteiger charge is -2.39. The Balaban J connectivity index is 1.97. The quantitative estimate of drug-likeness (QED) is 0.721. The number of hydrogen-bond donors (Lipinski definition) is 2. The monoisotopic (exact) mass is 344 g/mol. The molecule has 2 nitrogen and oxygen atoms in total. The third kappa shape index (κ3) is 5.37. The van der Waals surface area contributed by atoms with Gasteiger partial charge in [0.1, 0.15) is 0 Å². The first-order valence-electron chi connectivity index (χ1n) is 7.80. The minimum absolute atomic E-state index is 0.250. The van der Waals surface area contributed by atoms with Gasteiger partial charge in [-0.2, -0.15) is 13.2 Å². The van der Waals surface area contributed by atoms with E-state index < -0.39 is 11.7 Å². The number of hydrogen-bond acceptors (Lipinski definition) is 1. The molecule has 0 aromatic heterocycles. The van der Waals surface area contributed by atoms with Crippen LogP contribution >= 0.6 is 12.2 Å². The Labute approximate surface area is 140 Å². The van der Waals surface area contributed by atoms with Gasteiger partial charge in [-0.05, 0) is 61.0 Å². The molecule has 128 valence electrons. The summed E-state index contributed by atoms with van der Waals surface area (Å²) in [5.74, 6) is 0.604. The zero-order valence-corrected chi connectivity index (χ0v) is 14.4. The van der Waals surface area contributed by atoms with Crippen molar-refractivity contribution in [2.24, 2.45) is 11.3 Å². The highest BCUT2D eigenvalue weighted by atomic mass is 32.1. The van der Waals surface area contributed by atoms with Crippen LogP contribution in [0.25, 0.3) is 0 Å². The number of benzene rings is 1. The molecule has 0 spiro atoms. The van der Waals surface area contributed by atoms with Crippen LogP contribution in [0, 0.1) is 11.3 Å². The van der Waals surface area contributed by atoms with Gasteiger partial charge in [-0.3, -0.25) is 0 Å². The highest BCUT2D eigenvalue weighted by Gasteiger charge is 2.32. The predicted octanol–water partition coefficient (Wildman–Crippen LogP) is 5.21. The van der Waals surface area contributed by atoms with Crippen LogP contribution in [0.1, 0.15) is 45.6 Å². The Morgan fingerprint density at radius 2 is 1.96 bits per heavy atom. The average Bonchev–Trinajstić information content (AvgIpc) is 2.34. The fourth-order valence-corrected chi connectivity index (χ4v) is 3.87. The summed E-state index contributed by atoms with van der Waals surface area (Å²) in [6.45, 7) is 6.69. The van der Waals surface area contributed by atoms with E-state index in [1.54, 1.807) is 6.07 Å². The van der Waals surface area contributed by atoms with Crippen molar-refractivity contribution in [2.45, 2.75) is 52.3 Å². The summed E-state index contributed by atoms with van der Waals surface area (Å²) < 4.78 is 38.2. The van der Waals surface area contributed by atoms with Crippen LogP contribution in [0.4, 0.5) is 18.9 Å². The van der Waals surface area contributed by atoms with E-state index in [1.165, 1.54) is 12.5 Å². The minimum atomic E-state index is -4.35. The number of alkyl halides is 3. The molecule has 2 rings (SSSR count). The van der Waals surface area contributed by atoms with E-state index in [0.29, 0.717) is 16.7 Å². The molecule has 1 aliphatic carbocycles. The second kappa shape index (κ2) is 6.67. The summed E-state index contributed by atoms with van der Waals surface area (Å²) in [6.07, 6.45) is -1.15. The Morgan fingerprint density at radius 1 is 1.26 bits per heavy atom. The summed E-state index contributed by atoms with van der Waals surface area (Å²) in [6, 6.07) is 5.32. The van der Waals surface area contributed by atoms with Crippen LogP contribution in [-0.4, -0.2) is 11.2 Å². The van der Waals surface area contributed by atoms with Crippen LogP contribution in [0.2, 0.25) is 0 Å². The first-order chi connectivity index (χ1) is 10.5. The lowest BCUT2D eigenvalue weighted by atomic mass is 9.71. The smallest absolute Gasteiger partial charge is 0.360 e. The first-order valence-corrected chi connectivity index (χ1v) is 8.21. The summed E-state index contributed by atoms with van der Waals surface area (Å²) >= 11 is 5.26. The minimum Gasteiger partial charge on any atom is -0.360 e. The largest absolute Gasteiger partial charge is 0.416 e. The molecule has 1 fully saturated rings. The van der Waals surface area contributed by atoms with Crippen molar-refractivity contribution in [3.8, 4) is 0 Å². The Bertz CT molecular complexity index is 569. The van der Waals surface area contributed by atoms with Gasteiger partial charge in [0.25, 0.3) is 0 Å². The Hall–Kier alpha value is -1.30. The van der Waals surface area contributed by atoms with E-state index in [-0.39, 0.29) is 11.5 Å². The van der Waals surface area contributed by atoms with Crippen molar-refractivity contribution >= 4 is 23.0 Å². The lowest BCUT2D eigenvalue weighted by Crippen LogP contribution is -2.44. The molecular formula is C17H23F3N2S. The molecule has 1 saturated carbocycles. The first kappa shape index (κ1) is 18.0. The zero-order chi connectivity index (χ0) is 17.3. The molecule has 0 bridgehead atoms. The number of thiocarbonyl (C=S) groups is 1. The molecule has 1 aromatic rings. The highest BCUT2D eigenvalue weighted by molar-refractivity contribution is 7.80. The molecule has 6 heteroatoms. The Kier molecular flexibility index (Phi) is 5.23. The normalized spacial score (nSPS) is 24.1. The van der Waals surface area contributed by atoms with Crippen molar-refractivity contribution in [1.29, 1.82) is 0 Å². The van der Waals surface area contributed by atoms with Gasteiger partial charge in [-0.25, -0.2) is 0 Å². The van der Waals surface area contributed by atoms with Gasteiger partial charge in [0.15, 0.2) is 5.11 Å². The van der Waals surface area contributed by atoms with Crippen molar-refractivity contribution in [1.82, 2.24) is 5.32 Å². The van der Waals surface area contributed by atoms with E-state index in [4.69, 9.17) is 12.2 Å². The summed E-state index contributed by atoms with van der Waals surface area (Å²) in [5.41, 5.74) is -0.0839. The van der Waals surface area contributed by atoms with Crippen molar-refractivity contribution in [3.63, 3.8) is 0 Å². The van der Waals surface area contributed by atoms with Crippen molar-refractivity contribution in [3.05, 3.63) is 29.8 Å². The third-order valence-corrected chi connectivity index (χ3v) is 4.39. The summed E-state index contributed by atoms with van der Waals surface area (Å²) in [7, 11) is 0. The number of rotatable bonds is 2. The van der Waals surface area contributed by atoms with Crippen LogP contribution < -0.4 is 10.6 Å². The maximum absolute atomic E-state index is 12.7. The molecule has 2 unspecified atom stereocenters. The SMILES string of the molecule is CC1CC(NC(=S)Nc2cccc(C(F)(F)F)c2)CC(C)(C)C1. The average molecular weight is 344 g/mol. The van der Waals surface area contributed by atoms with Crippen molar-refractivity contribution < 1.29 is 13.2 Å². The molecule has 23 heavy (non-hydrogen) atoms. The molecule has 0 aliphatic heterocycles. The van der Waals surface area contributed by atoms with E-state index in [0.717, 1.165) is 25.0 Å². The molecule has 0 heterocycles. The molecule has 0 saturated heterocycles. The standard InChI is InChI=1S/C17H23F3N2S/c1-11-7-14(10-16(2,3)9-11)22-15(23)21-13-6-4-5-12(8-13)17(18,19)20/h4-6,8,11,14H,7,9-10H2,1-3H3,(H2,21,22,23). The maximum atomic E-state index is 12.7. The Morgan fingerprint density at radius 3 is 2.57 bits per heavy atom. The van der Waals surface area contributed by atoms with Gasteiger partial charge >= 0.3 is 6.18 Å². The predicted molar refractivity (Wildman–Crippen MR) is 91.4 cm³/mol. The second-order valence-electron chi connectivity index (χ2n) is 7.29. The molecule has 2 atom stereocenters. The van der Waals surface area contributed by atoms with Gasteiger partial charge in [-0.1, -0.05) is 26.8 Å². The molecule has 1 aromatic carbocycles. The zero-order valence-electron chi connectivity index (χ0n) is 13.6. The number of anilines is 1. The molecule has 2 N–H and O–H groups in total. The fraction of sp³-hybridized carbons (Fsp3) is 0.588. The third-order valence-electron chi connectivity index (χ3n) is 4.17. The topological polar surface area (TPSA) is 24.1 Å². The van der Waals surface area contributed by atoms with E-state index in [9.17, 15) is 13.2 Å². The van der Waals surface area contributed by atoms with E-state index in [2.05, 4.69) is 31.4 Å². The number of halogens is 3. The fourth-order valence-electron chi connectivity index (χ4n) is 3.58. The summed E-state index contributed by atoms with van der Waals surface area (Å²) in [5, 5.41) is 6.49. The molecule has 0 amide bonds.